The first kappa shape index (κ1) is 11.6. The Morgan fingerprint density at radius 1 is 1.47 bits per heavy atom. The van der Waals surface area contributed by atoms with Crippen molar-refractivity contribution in [1.29, 1.82) is 0 Å². The van der Waals surface area contributed by atoms with Gasteiger partial charge in [0.1, 0.15) is 11.6 Å². The van der Waals surface area contributed by atoms with Crippen molar-refractivity contribution in [3.05, 3.63) is 35.4 Å². The zero-order valence-electron chi connectivity index (χ0n) is 8.34. The fraction of sp³-hybridized carbons (Fsp3) is 0.364. The molecule has 1 atom stereocenters. The van der Waals surface area contributed by atoms with Crippen LogP contribution >= 0.6 is 0 Å². The average molecular weight is 214 g/mol. The molecule has 0 aliphatic rings. The van der Waals surface area contributed by atoms with Crippen LogP contribution in [0, 0.1) is 17.6 Å². The first-order chi connectivity index (χ1) is 7.00. The van der Waals surface area contributed by atoms with Gasteiger partial charge in [0.05, 0.1) is 5.92 Å². The molecule has 82 valence electrons. The summed E-state index contributed by atoms with van der Waals surface area (Å²) in [4.78, 5) is 10.5. The zero-order valence-corrected chi connectivity index (χ0v) is 8.34. The van der Waals surface area contributed by atoms with Crippen LogP contribution in [0.15, 0.2) is 18.2 Å². The van der Waals surface area contributed by atoms with Crippen molar-refractivity contribution >= 4 is 5.97 Å². The lowest BCUT2D eigenvalue weighted by Gasteiger charge is -2.06. The maximum absolute atomic E-state index is 13.1. The summed E-state index contributed by atoms with van der Waals surface area (Å²) < 4.78 is 25.9. The second-order valence-corrected chi connectivity index (χ2v) is 3.51. The minimum absolute atomic E-state index is 0.225. The van der Waals surface area contributed by atoms with Crippen molar-refractivity contribution in [2.75, 3.05) is 0 Å². The van der Waals surface area contributed by atoms with E-state index in [0.717, 1.165) is 18.2 Å². The second kappa shape index (κ2) is 4.87. The number of carbonyl (C=O) groups is 1. The van der Waals surface area contributed by atoms with Crippen LogP contribution in [0.2, 0.25) is 0 Å². The molecule has 4 heteroatoms. The van der Waals surface area contributed by atoms with Gasteiger partial charge in [-0.25, -0.2) is 8.78 Å². The fourth-order valence-electron chi connectivity index (χ4n) is 1.23. The molecule has 0 bridgehead atoms. The highest BCUT2D eigenvalue weighted by atomic mass is 19.1. The van der Waals surface area contributed by atoms with E-state index in [9.17, 15) is 13.6 Å². The molecular formula is C11H12F2O2. The van der Waals surface area contributed by atoms with Crippen LogP contribution in [0.4, 0.5) is 8.78 Å². The standard InChI is InChI=1S/C11H12F2O2/c1-7(11(14)15)2-3-8-6-9(12)4-5-10(8)13/h4-7H,2-3H2,1H3,(H,14,15). The molecule has 0 aromatic heterocycles. The number of hydrogen-bond donors (Lipinski definition) is 1. The molecule has 2 nitrogen and oxygen atoms in total. The summed E-state index contributed by atoms with van der Waals surface area (Å²) in [5, 5.41) is 8.62. The van der Waals surface area contributed by atoms with E-state index >= 15 is 0 Å². The Balaban J connectivity index is 2.65. The Bertz CT molecular complexity index is 364. The Morgan fingerprint density at radius 3 is 2.73 bits per heavy atom. The molecular weight excluding hydrogens is 202 g/mol. The summed E-state index contributed by atoms with van der Waals surface area (Å²) >= 11 is 0. The van der Waals surface area contributed by atoms with E-state index in [4.69, 9.17) is 5.11 Å². The van der Waals surface area contributed by atoms with Crippen LogP contribution in [0.1, 0.15) is 18.9 Å². The smallest absolute Gasteiger partial charge is 0.306 e. The van der Waals surface area contributed by atoms with Gasteiger partial charge in [0.15, 0.2) is 0 Å². The normalized spacial score (nSPS) is 12.5. The van der Waals surface area contributed by atoms with Gasteiger partial charge < -0.3 is 5.11 Å². The molecule has 0 saturated heterocycles. The predicted molar refractivity (Wildman–Crippen MR) is 51.5 cm³/mol. The van der Waals surface area contributed by atoms with E-state index in [0.29, 0.717) is 6.42 Å². The summed E-state index contributed by atoms with van der Waals surface area (Å²) in [7, 11) is 0. The first-order valence-electron chi connectivity index (χ1n) is 4.67. The number of rotatable bonds is 4. The zero-order chi connectivity index (χ0) is 11.4. The molecule has 0 radical (unpaired) electrons. The third-order valence-corrected chi connectivity index (χ3v) is 2.28. The van der Waals surface area contributed by atoms with Crippen LogP contribution < -0.4 is 0 Å². The first-order valence-corrected chi connectivity index (χ1v) is 4.67. The van der Waals surface area contributed by atoms with Crippen molar-refractivity contribution in [3.63, 3.8) is 0 Å². The molecule has 0 aliphatic heterocycles. The van der Waals surface area contributed by atoms with Gasteiger partial charge in [-0.3, -0.25) is 4.79 Å². The quantitative estimate of drug-likeness (QED) is 0.836. The number of aryl methyl sites for hydroxylation is 1. The molecule has 1 rings (SSSR count). The Morgan fingerprint density at radius 2 is 2.13 bits per heavy atom. The minimum Gasteiger partial charge on any atom is -0.481 e. The molecule has 0 saturated carbocycles. The van der Waals surface area contributed by atoms with E-state index in [1.165, 1.54) is 0 Å². The molecule has 0 aliphatic carbocycles. The number of benzene rings is 1. The van der Waals surface area contributed by atoms with Gasteiger partial charge in [-0.1, -0.05) is 6.92 Å². The summed E-state index contributed by atoms with van der Waals surface area (Å²) in [5.41, 5.74) is 0.225. The van der Waals surface area contributed by atoms with E-state index in [1.807, 2.05) is 0 Å². The Kier molecular flexibility index (Phi) is 3.77. The molecule has 1 aromatic carbocycles. The molecule has 1 aromatic rings. The third-order valence-electron chi connectivity index (χ3n) is 2.28. The van der Waals surface area contributed by atoms with Crippen LogP contribution in [0.3, 0.4) is 0 Å². The van der Waals surface area contributed by atoms with Gasteiger partial charge in [-0.2, -0.15) is 0 Å². The molecule has 15 heavy (non-hydrogen) atoms. The van der Waals surface area contributed by atoms with Gasteiger partial charge in [0.25, 0.3) is 0 Å². The van der Waals surface area contributed by atoms with E-state index in [-0.39, 0.29) is 12.0 Å². The molecule has 1 N–H and O–H groups in total. The highest BCUT2D eigenvalue weighted by Crippen LogP contribution is 2.14. The van der Waals surface area contributed by atoms with Crippen molar-refractivity contribution in [3.8, 4) is 0 Å². The van der Waals surface area contributed by atoms with Crippen LogP contribution in [-0.4, -0.2) is 11.1 Å². The van der Waals surface area contributed by atoms with E-state index < -0.39 is 23.5 Å². The van der Waals surface area contributed by atoms with Gasteiger partial charge in [0.2, 0.25) is 0 Å². The topological polar surface area (TPSA) is 37.3 Å². The predicted octanol–water partition coefficient (Wildman–Crippen LogP) is 2.62. The van der Waals surface area contributed by atoms with Crippen molar-refractivity contribution in [2.24, 2.45) is 5.92 Å². The SMILES string of the molecule is CC(CCc1cc(F)ccc1F)C(=O)O. The minimum atomic E-state index is -0.924. The number of aliphatic carboxylic acids is 1. The lowest BCUT2D eigenvalue weighted by Crippen LogP contribution is -2.10. The Labute approximate surface area is 86.5 Å². The van der Waals surface area contributed by atoms with Gasteiger partial charge in [-0.15, -0.1) is 0 Å². The molecule has 0 fully saturated rings. The van der Waals surface area contributed by atoms with Gasteiger partial charge >= 0.3 is 5.97 Å². The lowest BCUT2D eigenvalue weighted by molar-refractivity contribution is -0.141. The molecule has 1 unspecified atom stereocenters. The summed E-state index contributed by atoms with van der Waals surface area (Å²) in [6, 6.07) is 3.19. The highest BCUT2D eigenvalue weighted by molar-refractivity contribution is 5.69. The Hall–Kier alpha value is -1.45. The molecule has 0 spiro atoms. The number of halogens is 2. The van der Waals surface area contributed by atoms with Crippen LogP contribution in [-0.2, 0) is 11.2 Å². The number of carboxylic acids is 1. The lowest BCUT2D eigenvalue weighted by atomic mass is 10.0. The van der Waals surface area contributed by atoms with Gasteiger partial charge in [-0.05, 0) is 36.6 Å². The van der Waals surface area contributed by atoms with Gasteiger partial charge in [0, 0.05) is 0 Å². The number of carboxylic acid groups (broad SMARTS) is 1. The van der Waals surface area contributed by atoms with Crippen LogP contribution in [0.25, 0.3) is 0 Å². The largest absolute Gasteiger partial charge is 0.481 e. The molecule has 0 heterocycles. The fourth-order valence-corrected chi connectivity index (χ4v) is 1.23. The van der Waals surface area contributed by atoms with Crippen molar-refractivity contribution in [1.82, 2.24) is 0 Å². The summed E-state index contributed by atoms with van der Waals surface area (Å²) in [5.74, 6) is -2.47. The highest BCUT2D eigenvalue weighted by Gasteiger charge is 2.12. The maximum atomic E-state index is 13.1. The monoisotopic (exact) mass is 214 g/mol. The second-order valence-electron chi connectivity index (χ2n) is 3.51. The van der Waals surface area contributed by atoms with E-state index in [1.54, 1.807) is 6.92 Å². The third kappa shape index (κ3) is 3.31. The van der Waals surface area contributed by atoms with E-state index in [2.05, 4.69) is 0 Å². The van der Waals surface area contributed by atoms with Crippen LogP contribution in [0.5, 0.6) is 0 Å². The molecule has 0 amide bonds. The average Bonchev–Trinajstić information content (AvgIpc) is 2.18. The van der Waals surface area contributed by atoms with Crippen molar-refractivity contribution < 1.29 is 18.7 Å². The number of hydrogen-bond acceptors (Lipinski definition) is 1. The van der Waals surface area contributed by atoms with Crippen molar-refractivity contribution in [2.45, 2.75) is 19.8 Å². The summed E-state index contributed by atoms with van der Waals surface area (Å²) in [6.45, 7) is 1.54. The summed E-state index contributed by atoms with van der Waals surface area (Å²) in [6.07, 6.45) is 0.534. The maximum Gasteiger partial charge on any atom is 0.306 e.